The van der Waals surface area contributed by atoms with E-state index in [4.69, 9.17) is 4.74 Å². The monoisotopic (exact) mass is 381 g/mol. The molecule has 0 spiro atoms. The molecule has 1 unspecified atom stereocenters. The third kappa shape index (κ3) is 4.68. The van der Waals surface area contributed by atoms with E-state index in [1.807, 2.05) is 6.07 Å². The Kier molecular flexibility index (Phi) is 6.63. The minimum atomic E-state index is -0.374. The number of nitrogens with zero attached hydrogens (tertiary/aromatic N) is 2. The zero-order valence-electron chi connectivity index (χ0n) is 16.5. The normalized spacial score (nSPS) is 16.5. The first-order valence-electron chi connectivity index (χ1n) is 9.93. The van der Waals surface area contributed by atoms with Crippen molar-refractivity contribution in [1.29, 1.82) is 0 Å². The Balaban J connectivity index is 1.64. The van der Waals surface area contributed by atoms with Crippen LogP contribution < -0.4 is 10.2 Å². The molecule has 1 saturated heterocycles. The standard InChI is InChI=1S/C22H27N3O3/c1-3-18-7-5-6-14-25(18)19-12-13-20(23-15-19)21(26)24-17-10-8-16(9-11-17)22(27)28-4-2/h8-13,15,18H,3-7,14H2,1-2H3,(H,24,26). The smallest absolute Gasteiger partial charge is 0.338 e. The van der Waals surface area contributed by atoms with E-state index in [0.29, 0.717) is 29.6 Å². The fourth-order valence-electron chi connectivity index (χ4n) is 3.55. The first-order chi connectivity index (χ1) is 13.6. The molecule has 1 aliphatic heterocycles. The predicted octanol–water partition coefficient (Wildman–Crippen LogP) is 4.28. The molecule has 1 aliphatic rings. The maximum Gasteiger partial charge on any atom is 0.338 e. The van der Waals surface area contributed by atoms with Crippen LogP contribution in [0, 0.1) is 0 Å². The van der Waals surface area contributed by atoms with Crippen molar-refractivity contribution in [2.24, 2.45) is 0 Å². The molecule has 6 nitrogen and oxygen atoms in total. The van der Waals surface area contributed by atoms with Crippen molar-refractivity contribution >= 4 is 23.3 Å². The summed E-state index contributed by atoms with van der Waals surface area (Å²) >= 11 is 0. The fraction of sp³-hybridized carbons (Fsp3) is 0.409. The van der Waals surface area contributed by atoms with Crippen LogP contribution in [-0.4, -0.2) is 36.1 Å². The highest BCUT2D eigenvalue weighted by molar-refractivity contribution is 6.03. The first-order valence-corrected chi connectivity index (χ1v) is 9.93. The summed E-state index contributed by atoms with van der Waals surface area (Å²) in [4.78, 5) is 30.9. The van der Waals surface area contributed by atoms with Crippen molar-refractivity contribution in [2.75, 3.05) is 23.4 Å². The van der Waals surface area contributed by atoms with Crippen LogP contribution in [0.2, 0.25) is 0 Å². The van der Waals surface area contributed by atoms with Crippen molar-refractivity contribution < 1.29 is 14.3 Å². The lowest BCUT2D eigenvalue weighted by atomic mass is 9.99. The van der Waals surface area contributed by atoms with E-state index >= 15 is 0 Å². The number of aromatic nitrogens is 1. The molecule has 1 atom stereocenters. The zero-order valence-corrected chi connectivity index (χ0v) is 16.5. The van der Waals surface area contributed by atoms with Gasteiger partial charge in [-0.2, -0.15) is 0 Å². The number of pyridine rings is 1. The summed E-state index contributed by atoms with van der Waals surface area (Å²) in [6.07, 6.45) is 6.58. The van der Waals surface area contributed by atoms with E-state index in [0.717, 1.165) is 18.7 Å². The number of hydrogen-bond acceptors (Lipinski definition) is 5. The number of carbonyl (C=O) groups is 2. The van der Waals surface area contributed by atoms with E-state index in [2.05, 4.69) is 22.1 Å². The highest BCUT2D eigenvalue weighted by atomic mass is 16.5. The molecule has 0 saturated carbocycles. The average molecular weight is 381 g/mol. The van der Waals surface area contributed by atoms with Gasteiger partial charge in [0.05, 0.1) is 24.1 Å². The predicted molar refractivity (Wildman–Crippen MR) is 110 cm³/mol. The van der Waals surface area contributed by atoms with E-state index in [9.17, 15) is 9.59 Å². The fourth-order valence-corrected chi connectivity index (χ4v) is 3.55. The van der Waals surface area contributed by atoms with Gasteiger partial charge in [0.15, 0.2) is 0 Å². The Labute approximate surface area is 165 Å². The zero-order chi connectivity index (χ0) is 19.9. The number of rotatable bonds is 6. The largest absolute Gasteiger partial charge is 0.462 e. The summed E-state index contributed by atoms with van der Waals surface area (Å²) in [6, 6.07) is 10.9. The number of amides is 1. The van der Waals surface area contributed by atoms with Gasteiger partial charge < -0.3 is 15.0 Å². The van der Waals surface area contributed by atoms with Crippen LogP contribution in [0.15, 0.2) is 42.6 Å². The Morgan fingerprint density at radius 3 is 2.57 bits per heavy atom. The Hall–Kier alpha value is -2.89. The minimum Gasteiger partial charge on any atom is -0.462 e. The maximum atomic E-state index is 12.5. The van der Waals surface area contributed by atoms with Crippen molar-refractivity contribution in [1.82, 2.24) is 4.98 Å². The van der Waals surface area contributed by atoms with Crippen molar-refractivity contribution in [2.45, 2.75) is 45.6 Å². The second-order valence-corrected chi connectivity index (χ2v) is 6.90. The molecule has 148 valence electrons. The summed E-state index contributed by atoms with van der Waals surface area (Å²) in [5.74, 6) is -0.651. The molecule has 1 N–H and O–H groups in total. The molecule has 0 radical (unpaired) electrons. The van der Waals surface area contributed by atoms with E-state index < -0.39 is 0 Å². The van der Waals surface area contributed by atoms with Crippen LogP contribution in [0.25, 0.3) is 0 Å². The van der Waals surface area contributed by atoms with Crippen LogP contribution in [0.4, 0.5) is 11.4 Å². The van der Waals surface area contributed by atoms with Gasteiger partial charge in [0.25, 0.3) is 5.91 Å². The van der Waals surface area contributed by atoms with Crippen LogP contribution in [0.1, 0.15) is 60.4 Å². The van der Waals surface area contributed by atoms with Crippen molar-refractivity contribution in [3.8, 4) is 0 Å². The molecule has 28 heavy (non-hydrogen) atoms. The lowest BCUT2D eigenvalue weighted by Gasteiger charge is -2.37. The molecule has 0 aliphatic carbocycles. The van der Waals surface area contributed by atoms with Crippen molar-refractivity contribution in [3.63, 3.8) is 0 Å². The SMILES string of the molecule is CCOC(=O)c1ccc(NC(=O)c2ccc(N3CCCCC3CC)cn2)cc1. The number of anilines is 2. The van der Waals surface area contributed by atoms with E-state index in [1.54, 1.807) is 43.5 Å². The van der Waals surface area contributed by atoms with Gasteiger partial charge in [-0.3, -0.25) is 4.79 Å². The summed E-state index contributed by atoms with van der Waals surface area (Å²) < 4.78 is 4.95. The molecule has 2 heterocycles. The number of benzene rings is 1. The van der Waals surface area contributed by atoms with Crippen LogP contribution in [0.5, 0.6) is 0 Å². The van der Waals surface area contributed by atoms with Gasteiger partial charge in [0.2, 0.25) is 0 Å². The second-order valence-electron chi connectivity index (χ2n) is 6.90. The van der Waals surface area contributed by atoms with Crippen LogP contribution >= 0.6 is 0 Å². The van der Waals surface area contributed by atoms with Gasteiger partial charge in [-0.1, -0.05) is 6.92 Å². The molecule has 1 amide bonds. The van der Waals surface area contributed by atoms with Gasteiger partial charge in [-0.25, -0.2) is 9.78 Å². The molecular weight excluding hydrogens is 354 g/mol. The molecule has 1 fully saturated rings. The number of hydrogen-bond donors (Lipinski definition) is 1. The number of esters is 1. The number of carbonyl (C=O) groups excluding carboxylic acids is 2. The van der Waals surface area contributed by atoms with Gasteiger partial charge >= 0.3 is 5.97 Å². The molecule has 1 aromatic heterocycles. The summed E-state index contributed by atoms with van der Waals surface area (Å²) in [6.45, 7) is 5.35. The summed E-state index contributed by atoms with van der Waals surface area (Å²) in [5, 5.41) is 2.81. The molecule has 2 aromatic rings. The third-order valence-corrected chi connectivity index (χ3v) is 5.06. The van der Waals surface area contributed by atoms with Gasteiger partial charge in [0, 0.05) is 18.3 Å². The lowest BCUT2D eigenvalue weighted by Crippen LogP contribution is -2.39. The van der Waals surface area contributed by atoms with Crippen LogP contribution in [0.3, 0.4) is 0 Å². The Morgan fingerprint density at radius 1 is 1.14 bits per heavy atom. The summed E-state index contributed by atoms with van der Waals surface area (Å²) in [7, 11) is 0. The third-order valence-electron chi connectivity index (χ3n) is 5.06. The van der Waals surface area contributed by atoms with Gasteiger partial charge in [0.1, 0.15) is 5.69 Å². The highest BCUT2D eigenvalue weighted by Gasteiger charge is 2.21. The van der Waals surface area contributed by atoms with Crippen LogP contribution in [-0.2, 0) is 4.74 Å². The van der Waals surface area contributed by atoms with E-state index in [-0.39, 0.29) is 11.9 Å². The molecule has 0 bridgehead atoms. The van der Waals surface area contributed by atoms with Gasteiger partial charge in [-0.15, -0.1) is 0 Å². The molecular formula is C22H27N3O3. The van der Waals surface area contributed by atoms with Gasteiger partial charge in [-0.05, 0) is 69.0 Å². The van der Waals surface area contributed by atoms with Crippen molar-refractivity contribution in [3.05, 3.63) is 53.9 Å². The first kappa shape index (κ1) is 19.9. The molecule has 3 rings (SSSR count). The second kappa shape index (κ2) is 9.35. The number of piperidine rings is 1. The average Bonchev–Trinajstić information content (AvgIpc) is 2.74. The Morgan fingerprint density at radius 2 is 1.93 bits per heavy atom. The van der Waals surface area contributed by atoms with E-state index in [1.165, 1.54) is 19.3 Å². The Bertz CT molecular complexity index is 803. The highest BCUT2D eigenvalue weighted by Crippen LogP contribution is 2.26. The summed E-state index contributed by atoms with van der Waals surface area (Å²) in [5.41, 5.74) is 2.49. The number of ether oxygens (including phenoxy) is 1. The topological polar surface area (TPSA) is 71.5 Å². The molecule has 1 aromatic carbocycles. The molecule has 6 heteroatoms. The maximum absolute atomic E-state index is 12.5. The lowest BCUT2D eigenvalue weighted by molar-refractivity contribution is 0.0526. The number of nitrogens with one attached hydrogen (secondary N) is 1. The minimum absolute atomic E-state index is 0.277. The quantitative estimate of drug-likeness (QED) is 0.756.